The van der Waals surface area contributed by atoms with Crippen molar-refractivity contribution in [1.82, 2.24) is 19.6 Å². The minimum Gasteiger partial charge on any atom is -0.343 e. The van der Waals surface area contributed by atoms with Gasteiger partial charge in [0.05, 0.1) is 0 Å². The molecule has 1 unspecified atom stereocenters. The van der Waals surface area contributed by atoms with Crippen molar-refractivity contribution in [1.29, 1.82) is 0 Å². The van der Waals surface area contributed by atoms with Crippen molar-refractivity contribution < 1.29 is 14.4 Å². The van der Waals surface area contributed by atoms with Crippen molar-refractivity contribution in [2.45, 2.75) is 45.1 Å². The topological polar surface area (TPSA) is 64.2 Å². The van der Waals surface area contributed by atoms with Crippen LogP contribution in [-0.2, 0) is 14.4 Å². The Morgan fingerprint density at radius 2 is 1.58 bits per heavy atom. The van der Waals surface area contributed by atoms with Gasteiger partial charge in [0.25, 0.3) is 0 Å². The van der Waals surface area contributed by atoms with Crippen molar-refractivity contribution in [3.05, 3.63) is 0 Å². The van der Waals surface area contributed by atoms with E-state index in [0.29, 0.717) is 6.42 Å². The highest BCUT2D eigenvalue weighted by molar-refractivity contribution is 5.86. The van der Waals surface area contributed by atoms with Gasteiger partial charge in [0, 0.05) is 71.1 Å². The summed E-state index contributed by atoms with van der Waals surface area (Å²) >= 11 is 0. The molecule has 3 rings (SSSR count). The number of amides is 3. The lowest BCUT2D eigenvalue weighted by atomic mass is 9.90. The molecule has 1 atom stereocenters. The van der Waals surface area contributed by atoms with Crippen molar-refractivity contribution in [3.8, 4) is 0 Å². The zero-order valence-electron chi connectivity index (χ0n) is 16.2. The van der Waals surface area contributed by atoms with Crippen LogP contribution in [0.5, 0.6) is 0 Å². The van der Waals surface area contributed by atoms with E-state index in [1.807, 2.05) is 14.7 Å². The number of likely N-dealkylation sites (tertiary alicyclic amines) is 2. The molecule has 146 valence electrons. The Kier molecular flexibility index (Phi) is 6.16. The van der Waals surface area contributed by atoms with E-state index in [1.54, 1.807) is 6.92 Å². The predicted molar refractivity (Wildman–Crippen MR) is 98.4 cm³/mol. The van der Waals surface area contributed by atoms with E-state index < -0.39 is 0 Å². The SMILES string of the molecule is CC(=O)N1CCC(N2CCCC(CC(=O)N3CCN(C)CC3)C2=O)CC1. The molecule has 3 aliphatic rings. The molecule has 3 aliphatic heterocycles. The van der Waals surface area contributed by atoms with E-state index in [-0.39, 0.29) is 29.7 Å². The van der Waals surface area contributed by atoms with Crippen molar-refractivity contribution in [3.63, 3.8) is 0 Å². The molecule has 3 heterocycles. The van der Waals surface area contributed by atoms with Gasteiger partial charge in [0.1, 0.15) is 0 Å². The fraction of sp³-hybridized carbons (Fsp3) is 0.842. The fourth-order valence-electron chi connectivity index (χ4n) is 4.42. The van der Waals surface area contributed by atoms with Crippen molar-refractivity contribution in [2.75, 3.05) is 52.9 Å². The maximum atomic E-state index is 13.0. The molecular weight excluding hydrogens is 332 g/mol. The molecule has 0 aromatic rings. The van der Waals surface area contributed by atoms with Gasteiger partial charge in [-0.25, -0.2) is 0 Å². The van der Waals surface area contributed by atoms with E-state index in [9.17, 15) is 14.4 Å². The molecule has 7 nitrogen and oxygen atoms in total. The minimum absolute atomic E-state index is 0.115. The average Bonchev–Trinajstić information content (AvgIpc) is 2.64. The summed E-state index contributed by atoms with van der Waals surface area (Å²) in [6, 6.07) is 0.222. The van der Waals surface area contributed by atoms with Crippen LogP contribution in [0.25, 0.3) is 0 Å². The van der Waals surface area contributed by atoms with Gasteiger partial charge in [-0.1, -0.05) is 0 Å². The summed E-state index contributed by atoms with van der Waals surface area (Å²) in [4.78, 5) is 45.1. The number of likely N-dealkylation sites (N-methyl/N-ethyl adjacent to an activating group) is 1. The monoisotopic (exact) mass is 364 g/mol. The molecule has 0 aliphatic carbocycles. The average molecular weight is 364 g/mol. The summed E-state index contributed by atoms with van der Waals surface area (Å²) in [7, 11) is 2.07. The fourth-order valence-corrected chi connectivity index (χ4v) is 4.42. The molecule has 0 saturated carbocycles. The Morgan fingerprint density at radius 3 is 2.19 bits per heavy atom. The molecule has 0 N–H and O–H groups in total. The van der Waals surface area contributed by atoms with E-state index in [0.717, 1.165) is 71.5 Å². The van der Waals surface area contributed by atoms with Gasteiger partial charge in [-0.2, -0.15) is 0 Å². The van der Waals surface area contributed by atoms with Crippen LogP contribution in [-0.4, -0.2) is 96.2 Å². The first-order chi connectivity index (χ1) is 12.5. The van der Waals surface area contributed by atoms with Gasteiger partial charge < -0.3 is 19.6 Å². The lowest BCUT2D eigenvalue weighted by molar-refractivity contribution is -0.147. The van der Waals surface area contributed by atoms with Gasteiger partial charge in [-0.15, -0.1) is 0 Å². The summed E-state index contributed by atoms with van der Waals surface area (Å²) in [5.41, 5.74) is 0. The Balaban J connectivity index is 1.53. The van der Waals surface area contributed by atoms with Crippen LogP contribution in [0.3, 0.4) is 0 Å². The summed E-state index contributed by atoms with van der Waals surface area (Å²) in [6.07, 6.45) is 3.85. The molecule has 0 spiro atoms. The van der Waals surface area contributed by atoms with E-state index in [4.69, 9.17) is 0 Å². The molecule has 3 fully saturated rings. The number of piperazine rings is 1. The molecular formula is C19H32N4O3. The molecule has 3 saturated heterocycles. The largest absolute Gasteiger partial charge is 0.343 e. The standard InChI is InChI=1S/C19H32N4O3/c1-15(24)21-8-5-17(6-9-21)23-7-3-4-16(19(23)26)14-18(25)22-12-10-20(2)11-13-22/h16-17H,3-14H2,1-2H3. The Morgan fingerprint density at radius 1 is 0.923 bits per heavy atom. The van der Waals surface area contributed by atoms with Crippen LogP contribution < -0.4 is 0 Å². The third-order valence-corrected chi connectivity index (χ3v) is 6.21. The molecule has 3 amide bonds. The van der Waals surface area contributed by atoms with Crippen LogP contribution in [0.1, 0.15) is 39.0 Å². The highest BCUT2D eigenvalue weighted by atomic mass is 16.2. The lowest BCUT2D eigenvalue weighted by Crippen LogP contribution is -2.53. The molecule has 0 aromatic heterocycles. The second-order valence-electron chi connectivity index (χ2n) is 8.00. The van der Waals surface area contributed by atoms with Crippen LogP contribution in [0.2, 0.25) is 0 Å². The quantitative estimate of drug-likeness (QED) is 0.727. The lowest BCUT2D eigenvalue weighted by Gasteiger charge is -2.42. The van der Waals surface area contributed by atoms with E-state index in [2.05, 4.69) is 11.9 Å². The molecule has 7 heteroatoms. The minimum atomic E-state index is -0.165. The van der Waals surface area contributed by atoms with Crippen LogP contribution >= 0.6 is 0 Å². The second-order valence-corrected chi connectivity index (χ2v) is 8.00. The third kappa shape index (κ3) is 4.37. The van der Waals surface area contributed by atoms with Crippen molar-refractivity contribution in [2.24, 2.45) is 5.92 Å². The predicted octanol–water partition coefficient (Wildman–Crippen LogP) is 0.400. The van der Waals surface area contributed by atoms with Gasteiger partial charge in [0.2, 0.25) is 17.7 Å². The first-order valence-electron chi connectivity index (χ1n) is 9.98. The zero-order valence-corrected chi connectivity index (χ0v) is 16.2. The number of piperidine rings is 2. The summed E-state index contributed by atoms with van der Waals surface area (Å²) < 4.78 is 0. The Labute approximate surface area is 156 Å². The van der Waals surface area contributed by atoms with E-state index in [1.165, 1.54) is 0 Å². The summed E-state index contributed by atoms with van der Waals surface area (Å²) in [6.45, 7) is 7.21. The highest BCUT2D eigenvalue weighted by Crippen LogP contribution is 2.27. The van der Waals surface area contributed by atoms with Crippen LogP contribution in [0.15, 0.2) is 0 Å². The smallest absolute Gasteiger partial charge is 0.226 e. The number of carbonyl (C=O) groups excluding carboxylic acids is 3. The summed E-state index contributed by atoms with van der Waals surface area (Å²) in [5.74, 6) is 0.232. The number of hydrogen-bond donors (Lipinski definition) is 0. The first-order valence-corrected chi connectivity index (χ1v) is 9.98. The van der Waals surface area contributed by atoms with Crippen LogP contribution in [0, 0.1) is 5.92 Å². The van der Waals surface area contributed by atoms with Gasteiger partial charge in [0.15, 0.2) is 0 Å². The maximum Gasteiger partial charge on any atom is 0.226 e. The Bertz CT molecular complexity index is 537. The van der Waals surface area contributed by atoms with E-state index >= 15 is 0 Å². The van der Waals surface area contributed by atoms with Gasteiger partial charge in [-0.05, 0) is 32.7 Å². The first kappa shape index (κ1) is 19.1. The van der Waals surface area contributed by atoms with Gasteiger partial charge in [-0.3, -0.25) is 14.4 Å². The van der Waals surface area contributed by atoms with Crippen molar-refractivity contribution >= 4 is 17.7 Å². The number of hydrogen-bond acceptors (Lipinski definition) is 4. The normalized spacial score (nSPS) is 26.3. The number of nitrogens with zero attached hydrogens (tertiary/aromatic N) is 4. The molecule has 0 radical (unpaired) electrons. The number of carbonyl (C=O) groups is 3. The maximum absolute atomic E-state index is 13.0. The number of rotatable bonds is 3. The molecule has 0 aromatic carbocycles. The molecule has 26 heavy (non-hydrogen) atoms. The van der Waals surface area contributed by atoms with Crippen LogP contribution in [0.4, 0.5) is 0 Å². The second kappa shape index (κ2) is 8.37. The van der Waals surface area contributed by atoms with Gasteiger partial charge >= 0.3 is 0 Å². The molecule has 0 bridgehead atoms. The third-order valence-electron chi connectivity index (χ3n) is 6.21. The summed E-state index contributed by atoms with van der Waals surface area (Å²) in [5, 5.41) is 0. The Hall–Kier alpha value is -1.63. The zero-order chi connectivity index (χ0) is 18.7. The highest BCUT2D eigenvalue weighted by Gasteiger charge is 2.36.